The Balaban J connectivity index is 2.04. The van der Waals surface area contributed by atoms with Crippen molar-refractivity contribution in [3.8, 4) is 5.75 Å². The Labute approximate surface area is 144 Å². The summed E-state index contributed by atoms with van der Waals surface area (Å²) in [4.78, 5) is 6.41. The quantitative estimate of drug-likeness (QED) is 0.783. The van der Waals surface area contributed by atoms with Crippen LogP contribution in [-0.4, -0.2) is 73.4 Å². The lowest BCUT2D eigenvalue weighted by atomic mass is 10.1. The molecule has 1 N–H and O–H groups in total. The van der Waals surface area contributed by atoms with E-state index in [0.29, 0.717) is 38.4 Å². The number of methoxy groups -OCH3 is 1. The first-order valence-electron chi connectivity index (χ1n) is 8.16. The van der Waals surface area contributed by atoms with Gasteiger partial charge in [0.1, 0.15) is 5.75 Å². The van der Waals surface area contributed by atoms with Crippen molar-refractivity contribution in [1.29, 1.82) is 0 Å². The number of hydrogen-bond acceptors (Lipinski definition) is 6. The summed E-state index contributed by atoms with van der Waals surface area (Å²) in [6.45, 7) is 4.33. The van der Waals surface area contributed by atoms with Crippen LogP contribution in [0.5, 0.6) is 5.75 Å². The third kappa shape index (κ3) is 4.66. The van der Waals surface area contributed by atoms with Gasteiger partial charge in [-0.25, -0.2) is 12.7 Å². The topological polar surface area (TPSA) is 83.0 Å². The van der Waals surface area contributed by atoms with Crippen LogP contribution in [0.25, 0.3) is 0 Å². The summed E-state index contributed by atoms with van der Waals surface area (Å²) in [6.07, 6.45) is 1.47. The molecule has 0 aromatic carbocycles. The number of aryl methyl sites for hydroxylation is 1. The highest BCUT2D eigenvalue weighted by Crippen LogP contribution is 2.23. The van der Waals surface area contributed by atoms with Crippen LogP contribution in [0.4, 0.5) is 0 Å². The minimum Gasteiger partial charge on any atom is -0.506 e. The molecule has 1 fully saturated rings. The third-order valence-electron chi connectivity index (χ3n) is 4.39. The smallest absolute Gasteiger partial charge is 0.218 e. The second-order valence-corrected chi connectivity index (χ2v) is 8.60. The van der Waals surface area contributed by atoms with E-state index < -0.39 is 15.3 Å². The minimum absolute atomic E-state index is 0.155. The Morgan fingerprint density at radius 2 is 2.21 bits per heavy atom. The number of ether oxygens (including phenoxy) is 1. The van der Waals surface area contributed by atoms with Crippen molar-refractivity contribution in [2.75, 3.05) is 40.4 Å². The van der Waals surface area contributed by atoms with E-state index in [0.717, 1.165) is 18.7 Å². The molecule has 136 valence electrons. The van der Waals surface area contributed by atoms with Crippen LogP contribution in [0.3, 0.4) is 0 Å². The predicted molar refractivity (Wildman–Crippen MR) is 92.4 cm³/mol. The summed E-state index contributed by atoms with van der Waals surface area (Å²) < 4.78 is 31.7. The lowest BCUT2D eigenvalue weighted by Crippen LogP contribution is -2.47. The molecular weight excluding hydrogens is 330 g/mol. The van der Waals surface area contributed by atoms with Gasteiger partial charge < -0.3 is 9.84 Å². The van der Waals surface area contributed by atoms with Crippen LogP contribution < -0.4 is 0 Å². The maximum absolute atomic E-state index is 12.7. The third-order valence-corrected chi connectivity index (χ3v) is 6.67. The molecule has 0 amide bonds. The van der Waals surface area contributed by atoms with Gasteiger partial charge in [0.25, 0.3) is 0 Å². The molecule has 0 saturated carbocycles. The van der Waals surface area contributed by atoms with Gasteiger partial charge in [0, 0.05) is 39.5 Å². The Morgan fingerprint density at radius 3 is 2.92 bits per heavy atom. The zero-order valence-corrected chi connectivity index (χ0v) is 15.4. The van der Waals surface area contributed by atoms with Gasteiger partial charge in [-0.1, -0.05) is 0 Å². The van der Waals surface area contributed by atoms with Gasteiger partial charge in [-0.2, -0.15) is 0 Å². The molecule has 1 aliphatic heterocycles. The fourth-order valence-electron chi connectivity index (χ4n) is 2.93. The van der Waals surface area contributed by atoms with Gasteiger partial charge >= 0.3 is 0 Å². The number of piperidine rings is 1. The Bertz CT molecular complexity index is 651. The predicted octanol–water partition coefficient (Wildman–Crippen LogP) is 0.968. The second-order valence-electron chi connectivity index (χ2n) is 6.28. The first kappa shape index (κ1) is 19.1. The van der Waals surface area contributed by atoms with Crippen molar-refractivity contribution in [2.24, 2.45) is 0 Å². The minimum atomic E-state index is -3.35. The van der Waals surface area contributed by atoms with E-state index in [1.54, 1.807) is 26.3 Å². The van der Waals surface area contributed by atoms with Crippen molar-refractivity contribution in [2.45, 2.75) is 31.6 Å². The van der Waals surface area contributed by atoms with E-state index in [-0.39, 0.29) is 5.75 Å². The number of sulfonamides is 1. The molecule has 24 heavy (non-hydrogen) atoms. The number of hydrogen-bond donors (Lipinski definition) is 1. The number of likely N-dealkylation sites (N-methyl/N-ethyl adjacent to an activating group) is 1. The molecule has 8 heteroatoms. The van der Waals surface area contributed by atoms with E-state index >= 15 is 0 Å². The molecule has 0 spiro atoms. The Morgan fingerprint density at radius 1 is 1.46 bits per heavy atom. The summed E-state index contributed by atoms with van der Waals surface area (Å²) >= 11 is 0. The average Bonchev–Trinajstić information content (AvgIpc) is 2.56. The molecule has 1 aliphatic rings. The van der Waals surface area contributed by atoms with Crippen LogP contribution >= 0.6 is 0 Å². The molecule has 0 aliphatic carbocycles. The van der Waals surface area contributed by atoms with Gasteiger partial charge in [0.15, 0.2) is 0 Å². The second kappa shape index (κ2) is 8.24. The Hall–Kier alpha value is -1.22. The van der Waals surface area contributed by atoms with Gasteiger partial charge in [-0.05, 0) is 38.4 Å². The van der Waals surface area contributed by atoms with E-state index in [1.165, 1.54) is 4.31 Å². The highest BCUT2D eigenvalue weighted by Gasteiger charge is 2.33. The van der Waals surface area contributed by atoms with E-state index in [4.69, 9.17) is 4.74 Å². The molecule has 1 unspecified atom stereocenters. The normalized spacial score (nSPS) is 19.8. The number of rotatable bonds is 7. The molecule has 1 atom stereocenters. The SMILES string of the molecule is COCCN(C)S(=O)(=O)C1CCCN(Cc2nc(C)ccc2O)C1. The fraction of sp³-hybridized carbons (Fsp3) is 0.688. The van der Waals surface area contributed by atoms with Crippen molar-refractivity contribution >= 4 is 10.0 Å². The summed E-state index contributed by atoms with van der Waals surface area (Å²) in [5, 5.41) is 9.52. The van der Waals surface area contributed by atoms with Crippen molar-refractivity contribution in [1.82, 2.24) is 14.2 Å². The van der Waals surface area contributed by atoms with Gasteiger partial charge in [0.2, 0.25) is 10.0 Å². The Kier molecular flexibility index (Phi) is 6.56. The largest absolute Gasteiger partial charge is 0.506 e. The lowest BCUT2D eigenvalue weighted by molar-refractivity contribution is 0.182. The number of likely N-dealkylation sites (tertiary alicyclic amines) is 1. The van der Waals surface area contributed by atoms with Crippen LogP contribution in [0.15, 0.2) is 12.1 Å². The zero-order chi connectivity index (χ0) is 17.7. The number of nitrogens with zero attached hydrogens (tertiary/aromatic N) is 3. The molecule has 7 nitrogen and oxygen atoms in total. The summed E-state index contributed by atoms with van der Waals surface area (Å²) in [5.41, 5.74) is 1.43. The van der Waals surface area contributed by atoms with Gasteiger partial charge in [0.05, 0.1) is 17.6 Å². The van der Waals surface area contributed by atoms with Crippen LogP contribution in [0, 0.1) is 6.92 Å². The van der Waals surface area contributed by atoms with E-state index in [1.807, 2.05) is 6.92 Å². The average molecular weight is 357 g/mol. The first-order valence-corrected chi connectivity index (χ1v) is 9.67. The monoisotopic (exact) mass is 357 g/mol. The molecule has 2 rings (SSSR count). The van der Waals surface area contributed by atoms with Gasteiger partial charge in [-0.3, -0.25) is 9.88 Å². The highest BCUT2D eigenvalue weighted by atomic mass is 32.2. The zero-order valence-electron chi connectivity index (χ0n) is 14.6. The fourth-order valence-corrected chi connectivity index (χ4v) is 4.63. The van der Waals surface area contributed by atoms with Crippen molar-refractivity contribution in [3.05, 3.63) is 23.5 Å². The maximum Gasteiger partial charge on any atom is 0.218 e. The number of aromatic hydroxyl groups is 1. The summed E-state index contributed by atoms with van der Waals surface area (Å²) in [7, 11) is -0.191. The van der Waals surface area contributed by atoms with Crippen molar-refractivity contribution < 1.29 is 18.3 Å². The molecule has 1 aromatic rings. The summed E-state index contributed by atoms with van der Waals surface area (Å²) in [6, 6.07) is 3.39. The van der Waals surface area contributed by atoms with E-state index in [2.05, 4.69) is 9.88 Å². The van der Waals surface area contributed by atoms with Crippen LogP contribution in [-0.2, 0) is 21.3 Å². The standard InChI is InChI=1S/C16H27N3O4S/c1-13-6-7-16(20)15(17-13)12-19-8-4-5-14(11-19)24(21,22)18(2)9-10-23-3/h6-7,14,20H,4-5,8-12H2,1-3H3. The number of aromatic nitrogens is 1. The molecular formula is C16H27N3O4S. The summed E-state index contributed by atoms with van der Waals surface area (Å²) in [5.74, 6) is 0.155. The molecule has 0 bridgehead atoms. The molecule has 2 heterocycles. The molecule has 0 radical (unpaired) electrons. The maximum atomic E-state index is 12.7. The van der Waals surface area contributed by atoms with Crippen molar-refractivity contribution in [3.63, 3.8) is 0 Å². The molecule has 1 aromatic heterocycles. The van der Waals surface area contributed by atoms with Crippen LogP contribution in [0.1, 0.15) is 24.2 Å². The number of pyridine rings is 1. The molecule has 1 saturated heterocycles. The van der Waals surface area contributed by atoms with Gasteiger partial charge in [-0.15, -0.1) is 0 Å². The highest BCUT2D eigenvalue weighted by molar-refractivity contribution is 7.89. The first-order chi connectivity index (χ1) is 11.3. The van der Waals surface area contributed by atoms with E-state index in [9.17, 15) is 13.5 Å². The lowest BCUT2D eigenvalue weighted by Gasteiger charge is -2.34. The van der Waals surface area contributed by atoms with Crippen LogP contribution in [0.2, 0.25) is 0 Å².